The molecule has 0 saturated heterocycles. The van der Waals surface area contributed by atoms with Crippen LogP contribution in [0.4, 0.5) is 0 Å². The number of hydrogen-bond donors (Lipinski definition) is 1. The highest BCUT2D eigenvalue weighted by molar-refractivity contribution is 6.30. The molecule has 0 aliphatic rings. The van der Waals surface area contributed by atoms with Crippen molar-refractivity contribution in [1.82, 2.24) is 5.32 Å². The number of nitrogens with one attached hydrogen (secondary N) is 1. The summed E-state index contributed by atoms with van der Waals surface area (Å²) in [7, 11) is 2.36. The first-order valence-electron chi connectivity index (χ1n) is 5.69. The van der Waals surface area contributed by atoms with Gasteiger partial charge in [0.1, 0.15) is 6.04 Å². The summed E-state index contributed by atoms with van der Waals surface area (Å²) >= 11 is 5.72. The van der Waals surface area contributed by atoms with Crippen molar-refractivity contribution in [3.05, 3.63) is 34.9 Å². The van der Waals surface area contributed by atoms with Crippen molar-refractivity contribution in [2.24, 2.45) is 0 Å². The highest BCUT2D eigenvalue weighted by Crippen LogP contribution is 2.10. The van der Waals surface area contributed by atoms with Gasteiger partial charge in [-0.25, -0.2) is 4.79 Å². The minimum atomic E-state index is -1.10. The van der Waals surface area contributed by atoms with Crippen LogP contribution in [-0.2, 0) is 19.1 Å². The fraction of sp³-hybridized carbons (Fsp3) is 0.308. The van der Waals surface area contributed by atoms with Gasteiger partial charge in [-0.1, -0.05) is 11.6 Å². The Labute approximate surface area is 121 Å². The molecule has 0 aromatic heterocycles. The van der Waals surface area contributed by atoms with Gasteiger partial charge in [-0.2, -0.15) is 0 Å². The highest BCUT2D eigenvalue weighted by Gasteiger charge is 2.25. The van der Waals surface area contributed by atoms with Crippen molar-refractivity contribution < 1.29 is 23.9 Å². The Bertz CT molecular complexity index is 500. The molecule has 0 aliphatic heterocycles. The smallest absolute Gasteiger partial charge is 0.328 e. The Morgan fingerprint density at radius 1 is 1.15 bits per heavy atom. The third kappa shape index (κ3) is 4.55. The molecule has 0 spiro atoms. The average Bonchev–Trinajstić information content (AvgIpc) is 2.46. The SMILES string of the molecule is COC(=O)C[C@H](NC(=O)c1ccc(Cl)cc1)C(=O)OC. The maximum absolute atomic E-state index is 11.9. The Hall–Kier alpha value is -2.08. The maximum Gasteiger partial charge on any atom is 0.328 e. The number of benzene rings is 1. The van der Waals surface area contributed by atoms with Crippen molar-refractivity contribution >= 4 is 29.4 Å². The second-order valence-corrected chi connectivity index (χ2v) is 4.27. The summed E-state index contributed by atoms with van der Waals surface area (Å²) < 4.78 is 8.99. The van der Waals surface area contributed by atoms with E-state index in [1.54, 1.807) is 12.1 Å². The zero-order chi connectivity index (χ0) is 15.1. The normalized spacial score (nSPS) is 11.3. The van der Waals surface area contributed by atoms with Crippen molar-refractivity contribution in [3.63, 3.8) is 0 Å². The van der Waals surface area contributed by atoms with E-state index in [9.17, 15) is 14.4 Å². The molecule has 1 amide bonds. The van der Waals surface area contributed by atoms with Gasteiger partial charge in [0.05, 0.1) is 20.6 Å². The number of carbonyl (C=O) groups excluding carboxylic acids is 3. The lowest BCUT2D eigenvalue weighted by Crippen LogP contribution is -2.43. The Morgan fingerprint density at radius 3 is 2.25 bits per heavy atom. The quantitative estimate of drug-likeness (QED) is 0.826. The van der Waals surface area contributed by atoms with E-state index in [0.29, 0.717) is 10.6 Å². The summed E-state index contributed by atoms with van der Waals surface area (Å²) in [5, 5.41) is 2.90. The van der Waals surface area contributed by atoms with Crippen molar-refractivity contribution in [1.29, 1.82) is 0 Å². The lowest BCUT2D eigenvalue weighted by atomic mass is 10.1. The molecule has 0 radical (unpaired) electrons. The van der Waals surface area contributed by atoms with Crippen LogP contribution >= 0.6 is 11.6 Å². The predicted octanol–water partition coefficient (Wildman–Crippen LogP) is 1.17. The Morgan fingerprint density at radius 2 is 1.75 bits per heavy atom. The lowest BCUT2D eigenvalue weighted by molar-refractivity contribution is -0.149. The van der Waals surface area contributed by atoms with Gasteiger partial charge in [-0.15, -0.1) is 0 Å². The first kappa shape index (κ1) is 16.0. The number of amides is 1. The molecular weight excluding hydrogens is 286 g/mol. The third-order valence-electron chi connectivity index (χ3n) is 2.50. The van der Waals surface area contributed by atoms with E-state index >= 15 is 0 Å². The zero-order valence-electron chi connectivity index (χ0n) is 11.0. The summed E-state index contributed by atoms with van der Waals surface area (Å²) in [6.45, 7) is 0. The van der Waals surface area contributed by atoms with Crippen LogP contribution in [-0.4, -0.2) is 38.1 Å². The van der Waals surface area contributed by atoms with Gasteiger partial charge < -0.3 is 14.8 Å². The van der Waals surface area contributed by atoms with Gasteiger partial charge >= 0.3 is 11.9 Å². The van der Waals surface area contributed by atoms with E-state index in [2.05, 4.69) is 14.8 Å². The molecule has 1 aromatic carbocycles. The van der Waals surface area contributed by atoms with Crippen LogP contribution in [0.25, 0.3) is 0 Å². The zero-order valence-corrected chi connectivity index (χ0v) is 11.8. The number of carbonyl (C=O) groups is 3. The van der Waals surface area contributed by atoms with Crippen LogP contribution in [0.15, 0.2) is 24.3 Å². The van der Waals surface area contributed by atoms with Gasteiger partial charge in [-0.05, 0) is 24.3 Å². The molecular formula is C13H14ClNO5. The molecule has 0 aliphatic carbocycles. The van der Waals surface area contributed by atoms with E-state index in [1.165, 1.54) is 26.4 Å². The second-order valence-electron chi connectivity index (χ2n) is 3.84. The molecule has 0 unspecified atom stereocenters. The van der Waals surface area contributed by atoms with E-state index < -0.39 is 23.9 Å². The first-order valence-corrected chi connectivity index (χ1v) is 6.06. The van der Waals surface area contributed by atoms with Gasteiger partial charge in [-0.3, -0.25) is 9.59 Å². The van der Waals surface area contributed by atoms with Crippen LogP contribution in [0.2, 0.25) is 5.02 Å². The molecule has 20 heavy (non-hydrogen) atoms. The van der Waals surface area contributed by atoms with Gasteiger partial charge in [0.25, 0.3) is 5.91 Å². The molecule has 0 saturated carbocycles. The van der Waals surface area contributed by atoms with Crippen LogP contribution in [0.3, 0.4) is 0 Å². The molecule has 0 fully saturated rings. The molecule has 1 rings (SSSR count). The summed E-state index contributed by atoms with van der Waals surface area (Å²) in [6, 6.07) is 5.00. The standard InChI is InChI=1S/C13H14ClNO5/c1-19-11(16)7-10(13(18)20-2)15-12(17)8-3-5-9(14)6-4-8/h3-6,10H,7H2,1-2H3,(H,15,17)/t10-/m0/s1. The number of halogens is 1. The summed E-state index contributed by atoms with van der Waals surface area (Å²) in [5.41, 5.74) is 0.313. The third-order valence-corrected chi connectivity index (χ3v) is 2.75. The monoisotopic (exact) mass is 299 g/mol. The summed E-state index contributed by atoms with van der Waals surface area (Å²) in [5.74, 6) is -1.87. The van der Waals surface area contributed by atoms with Crippen molar-refractivity contribution in [2.75, 3.05) is 14.2 Å². The molecule has 0 bridgehead atoms. The van der Waals surface area contributed by atoms with Gasteiger partial charge in [0.15, 0.2) is 0 Å². The number of esters is 2. The molecule has 0 heterocycles. The second kappa shape index (κ2) is 7.49. The molecule has 7 heteroatoms. The van der Waals surface area contributed by atoms with E-state index in [4.69, 9.17) is 11.6 Å². The fourth-order valence-electron chi connectivity index (χ4n) is 1.43. The maximum atomic E-state index is 11.9. The highest BCUT2D eigenvalue weighted by atomic mass is 35.5. The minimum Gasteiger partial charge on any atom is -0.469 e. The topological polar surface area (TPSA) is 81.7 Å². The largest absolute Gasteiger partial charge is 0.469 e. The van der Waals surface area contributed by atoms with Crippen LogP contribution < -0.4 is 5.32 Å². The van der Waals surface area contributed by atoms with E-state index in [0.717, 1.165) is 0 Å². The van der Waals surface area contributed by atoms with E-state index in [-0.39, 0.29) is 6.42 Å². The molecule has 1 N–H and O–H groups in total. The first-order chi connectivity index (χ1) is 9.47. The van der Waals surface area contributed by atoms with Crippen molar-refractivity contribution in [3.8, 4) is 0 Å². The minimum absolute atomic E-state index is 0.303. The molecule has 108 valence electrons. The molecule has 1 aromatic rings. The number of methoxy groups -OCH3 is 2. The fourth-order valence-corrected chi connectivity index (χ4v) is 1.55. The molecule has 6 nitrogen and oxygen atoms in total. The van der Waals surface area contributed by atoms with Crippen LogP contribution in [0, 0.1) is 0 Å². The number of rotatable bonds is 5. The van der Waals surface area contributed by atoms with Gasteiger partial charge in [0, 0.05) is 10.6 Å². The number of ether oxygens (including phenoxy) is 2. The van der Waals surface area contributed by atoms with Crippen LogP contribution in [0.1, 0.15) is 16.8 Å². The Balaban J connectivity index is 2.78. The predicted molar refractivity (Wildman–Crippen MR) is 71.4 cm³/mol. The summed E-state index contributed by atoms with van der Waals surface area (Å²) in [6.07, 6.45) is -0.303. The van der Waals surface area contributed by atoms with Crippen LogP contribution in [0.5, 0.6) is 0 Å². The van der Waals surface area contributed by atoms with E-state index in [1.807, 2.05) is 0 Å². The Kier molecular flexibility index (Phi) is 5.99. The number of hydrogen-bond acceptors (Lipinski definition) is 5. The lowest BCUT2D eigenvalue weighted by Gasteiger charge is -2.15. The molecule has 1 atom stereocenters. The summed E-state index contributed by atoms with van der Waals surface area (Å²) in [4.78, 5) is 34.7. The van der Waals surface area contributed by atoms with Gasteiger partial charge in [0.2, 0.25) is 0 Å². The van der Waals surface area contributed by atoms with Crippen molar-refractivity contribution in [2.45, 2.75) is 12.5 Å². The average molecular weight is 300 g/mol.